The van der Waals surface area contributed by atoms with Crippen molar-refractivity contribution in [3.05, 3.63) is 0 Å². The van der Waals surface area contributed by atoms with Crippen LogP contribution in [0.4, 0.5) is 0 Å². The molecule has 8 heteroatoms. The van der Waals surface area contributed by atoms with Gasteiger partial charge in [0.05, 0.1) is 0 Å². The van der Waals surface area contributed by atoms with Gasteiger partial charge in [-0.05, 0) is 0 Å². The zero-order chi connectivity index (χ0) is 0. The van der Waals surface area contributed by atoms with E-state index in [-0.39, 0.29) is 100 Å². The second-order valence-corrected chi connectivity index (χ2v) is 0. The first-order valence-corrected chi connectivity index (χ1v) is 0. The fourth-order valence-corrected chi connectivity index (χ4v) is 0. The summed E-state index contributed by atoms with van der Waals surface area (Å²) < 4.78 is 0. The smallest absolute Gasteiger partial charge is 1.00 e. The summed E-state index contributed by atoms with van der Waals surface area (Å²) in [5.41, 5.74) is 0. The molecule has 0 atom stereocenters. The van der Waals surface area contributed by atoms with E-state index < -0.39 is 0 Å². The molecule has 0 rings (SSSR count). The van der Waals surface area contributed by atoms with E-state index in [0.717, 1.165) is 0 Å². The molecule has 1 nitrogen and oxygen atoms in total. The third kappa shape index (κ3) is 82.7. The van der Waals surface area contributed by atoms with Crippen LogP contribution in [0.1, 0.15) is 0 Å². The molecule has 0 amide bonds. The second kappa shape index (κ2) is 120. The van der Waals surface area contributed by atoms with Crippen LogP contribution in [0.5, 0.6) is 0 Å². The van der Waals surface area contributed by atoms with Gasteiger partial charge in [-0.15, -0.1) is 0 Å². The second-order valence-electron chi connectivity index (χ2n) is 0. The van der Waals surface area contributed by atoms with Gasteiger partial charge in [0.15, 0.2) is 0 Å². The summed E-state index contributed by atoms with van der Waals surface area (Å²) in [6.45, 7) is 0. The molecule has 0 aliphatic carbocycles. The minimum Gasteiger partial charge on any atom is -1.00 e. The van der Waals surface area contributed by atoms with Crippen molar-refractivity contribution in [1.29, 1.82) is 0 Å². The fraction of sp³-hybridized carbons (Fsp3) is 0. The van der Waals surface area contributed by atoms with Crippen molar-refractivity contribution in [3.63, 3.8) is 0 Å². The van der Waals surface area contributed by atoms with Gasteiger partial charge in [-0.1, -0.05) is 0 Å². The Morgan fingerprint density at radius 3 is 0.375 bits per heavy atom. The van der Waals surface area contributed by atoms with E-state index in [0.29, 0.717) is 0 Å². The number of rotatable bonds is 0. The topological polar surface area (TPSA) is 36.5 Å². The van der Waals surface area contributed by atoms with Crippen LogP contribution in [-0.4, -0.2) is 0 Å². The van der Waals surface area contributed by atoms with Gasteiger partial charge in [-0.2, -0.15) is 0 Å². The molecular weight excluding hydrogens is 330 g/mol. The maximum atomic E-state index is 0. The Morgan fingerprint density at radius 2 is 0.375 bits per heavy atom. The minimum atomic E-state index is 0. The van der Waals surface area contributed by atoms with Crippen LogP contribution < -0.4 is 80.6 Å². The first-order valence-electron chi connectivity index (χ1n) is 0. The Balaban J connectivity index is 0. The average molecular weight is 334 g/mol. The van der Waals surface area contributed by atoms with E-state index >= 15 is 0 Å². The minimum absolute atomic E-state index is 0. The van der Waals surface area contributed by atoms with Crippen molar-refractivity contribution in [2.24, 2.45) is 0 Å². The molecule has 0 spiro atoms. The molecule has 0 aromatic heterocycles. The Hall–Kier alpha value is 2.32. The number of hydrogen-bond acceptors (Lipinski definition) is 0. The molecule has 0 fully saturated rings. The molecule has 0 aromatic rings. The summed E-state index contributed by atoms with van der Waals surface area (Å²) in [4.78, 5) is 0. The molecule has 0 aliphatic rings. The van der Waals surface area contributed by atoms with Gasteiger partial charge < -0.3 is 80.6 Å². The van der Waals surface area contributed by atoms with E-state index in [9.17, 15) is 0 Å². The van der Waals surface area contributed by atoms with Gasteiger partial charge >= 0.3 is 19.5 Å². The summed E-state index contributed by atoms with van der Waals surface area (Å²) in [6.07, 6.45) is 0. The molecule has 0 aromatic carbocycles. The molecule has 0 radical (unpaired) electrons. The van der Waals surface area contributed by atoms with Crippen molar-refractivity contribution in [2.45, 2.75) is 0 Å². The van der Waals surface area contributed by atoms with Crippen molar-refractivity contribution in [1.82, 2.24) is 6.15 Å². The zero-order valence-corrected chi connectivity index (χ0v) is 9.78. The van der Waals surface area contributed by atoms with E-state index in [2.05, 4.69) is 0 Å². The summed E-state index contributed by atoms with van der Waals surface area (Å²) >= 11 is 0. The van der Waals surface area contributed by atoms with Gasteiger partial charge in [-0.25, -0.2) is 0 Å². The summed E-state index contributed by atoms with van der Waals surface area (Å²) in [6, 6.07) is 0. The molecule has 0 saturated carbocycles. The van der Waals surface area contributed by atoms with Crippen molar-refractivity contribution in [3.8, 4) is 0 Å². The molecular formula is H4Cl6NRh-2. The van der Waals surface area contributed by atoms with Crippen LogP contribution in [0.25, 0.3) is 0 Å². The molecule has 0 aliphatic heterocycles. The largest absolute Gasteiger partial charge is 3.00 e. The van der Waals surface area contributed by atoms with E-state index in [1.165, 1.54) is 0 Å². The van der Waals surface area contributed by atoms with Crippen molar-refractivity contribution >= 4 is 0 Å². The van der Waals surface area contributed by atoms with Crippen LogP contribution >= 0.6 is 0 Å². The van der Waals surface area contributed by atoms with Crippen LogP contribution in [0.2, 0.25) is 0 Å². The quantitative estimate of drug-likeness (QED) is 0.428. The van der Waals surface area contributed by atoms with Gasteiger partial charge in [0.2, 0.25) is 0 Å². The third-order valence-corrected chi connectivity index (χ3v) is 0. The monoisotopic (exact) mass is 331 g/mol. The number of halogens is 6. The predicted octanol–water partition coefficient (Wildman–Crippen LogP) is -17.6. The predicted molar refractivity (Wildman–Crippen MR) is 5.98 cm³/mol. The SMILES string of the molecule is [Cl-].[Cl-].[Cl-].[Cl-].[Cl-].[Cl-].[NH4+].[Rh+3]. The maximum Gasteiger partial charge on any atom is 3.00 e. The first-order chi connectivity index (χ1) is 0. The Kier molecular flexibility index (Phi) is 2490. The Bertz CT molecular complexity index is 8.49. The zero-order valence-electron chi connectivity index (χ0n) is 3.60. The standard InChI is InChI=1S/6ClH.H3N.Rh/h6*1H;1H3;/q;;;;;;;+3/p-5. The molecule has 62 valence electrons. The van der Waals surface area contributed by atoms with E-state index in [1.807, 2.05) is 0 Å². The van der Waals surface area contributed by atoms with Crippen LogP contribution in [0, 0.1) is 0 Å². The van der Waals surface area contributed by atoms with Crippen LogP contribution in [0.15, 0.2) is 0 Å². The number of hydrogen-bond donors (Lipinski definition) is 1. The number of quaternary nitrogens is 1. The molecule has 0 saturated heterocycles. The van der Waals surface area contributed by atoms with Gasteiger partial charge in [0, 0.05) is 0 Å². The third-order valence-electron chi connectivity index (χ3n) is 0. The van der Waals surface area contributed by atoms with Crippen LogP contribution in [-0.2, 0) is 19.5 Å². The van der Waals surface area contributed by atoms with E-state index in [4.69, 9.17) is 0 Å². The Labute approximate surface area is 99.3 Å². The summed E-state index contributed by atoms with van der Waals surface area (Å²) in [7, 11) is 0. The molecule has 0 heterocycles. The molecule has 8 heavy (non-hydrogen) atoms. The maximum absolute atomic E-state index is 0. The first kappa shape index (κ1) is 166. The summed E-state index contributed by atoms with van der Waals surface area (Å²) in [5, 5.41) is 0. The van der Waals surface area contributed by atoms with Gasteiger partial charge in [-0.3, -0.25) is 0 Å². The van der Waals surface area contributed by atoms with Gasteiger partial charge in [0.1, 0.15) is 0 Å². The Morgan fingerprint density at radius 1 is 0.375 bits per heavy atom. The fourth-order valence-electron chi connectivity index (χ4n) is 0. The molecule has 4 N–H and O–H groups in total. The molecule has 0 bridgehead atoms. The average Bonchev–Trinajstić information content (AvgIpc) is 0. The van der Waals surface area contributed by atoms with Crippen LogP contribution in [0.3, 0.4) is 0 Å². The molecule has 0 unspecified atom stereocenters. The normalized spacial score (nSPS) is 0. The van der Waals surface area contributed by atoms with E-state index in [1.54, 1.807) is 0 Å². The van der Waals surface area contributed by atoms with Crippen molar-refractivity contribution < 1.29 is 93.9 Å². The van der Waals surface area contributed by atoms with Crippen molar-refractivity contribution in [2.75, 3.05) is 0 Å². The summed E-state index contributed by atoms with van der Waals surface area (Å²) in [5.74, 6) is 0. The van der Waals surface area contributed by atoms with Gasteiger partial charge in [0.25, 0.3) is 0 Å².